The quantitative estimate of drug-likeness (QED) is 0.602. The molecule has 83 valence electrons. The monoisotopic (exact) mass is 229 g/mol. The van der Waals surface area contributed by atoms with Crippen LogP contribution < -0.4 is 0 Å². The van der Waals surface area contributed by atoms with Crippen LogP contribution in [0.5, 0.6) is 5.75 Å². The van der Waals surface area contributed by atoms with Gasteiger partial charge in [0.1, 0.15) is 0 Å². The Morgan fingerprint density at radius 3 is 1.33 bits per heavy atom. The van der Waals surface area contributed by atoms with Crippen LogP contribution in [0.1, 0.15) is 11.1 Å². The van der Waals surface area contributed by atoms with Crippen LogP contribution in [0, 0.1) is 0 Å². The fraction of sp³-hybridized carbons (Fsp3) is 0.250. The van der Waals surface area contributed by atoms with Crippen LogP contribution in [0.15, 0.2) is 18.2 Å². The first-order chi connectivity index (χ1) is 6.60. The van der Waals surface area contributed by atoms with E-state index >= 15 is 0 Å². The van der Waals surface area contributed by atoms with Crippen LogP contribution >= 0.6 is 0 Å². The lowest BCUT2D eigenvalue weighted by Crippen LogP contribution is -2.10. The van der Waals surface area contributed by atoms with E-state index in [1.165, 1.54) is 0 Å². The molecular weight excluding hydrogens is 226 g/mol. The van der Waals surface area contributed by atoms with Crippen molar-refractivity contribution in [1.29, 1.82) is 0 Å². The molecule has 0 N–H and O–H groups in total. The highest BCUT2D eigenvalue weighted by molar-refractivity contribution is 5.36. The molecule has 1 aromatic carbocycles. The molecular formula is C8H3F6O. The van der Waals surface area contributed by atoms with Gasteiger partial charge in [0, 0.05) is 0 Å². The van der Waals surface area contributed by atoms with Crippen molar-refractivity contribution in [2.24, 2.45) is 0 Å². The van der Waals surface area contributed by atoms with Crippen LogP contribution in [0.2, 0.25) is 0 Å². The van der Waals surface area contributed by atoms with Crippen molar-refractivity contribution in [1.82, 2.24) is 0 Å². The summed E-state index contributed by atoms with van der Waals surface area (Å²) < 4.78 is 72.2. The molecule has 1 rings (SSSR count). The van der Waals surface area contributed by atoms with Gasteiger partial charge in [-0.2, -0.15) is 26.3 Å². The van der Waals surface area contributed by atoms with Crippen molar-refractivity contribution in [2.45, 2.75) is 12.4 Å². The molecule has 7 heteroatoms. The first-order valence-electron chi connectivity index (χ1n) is 3.57. The molecule has 15 heavy (non-hydrogen) atoms. The largest absolute Gasteiger partial charge is 0.416 e. The third-order valence-electron chi connectivity index (χ3n) is 1.56. The molecule has 0 aliphatic rings. The molecule has 0 fully saturated rings. The minimum atomic E-state index is -4.96. The Hall–Kier alpha value is -1.40. The van der Waals surface area contributed by atoms with Gasteiger partial charge in [-0.3, -0.25) is 5.11 Å². The van der Waals surface area contributed by atoms with E-state index in [2.05, 4.69) is 0 Å². The number of hydrogen-bond acceptors (Lipinski definition) is 0. The number of rotatable bonds is 0. The zero-order valence-corrected chi connectivity index (χ0v) is 6.91. The third kappa shape index (κ3) is 2.77. The molecule has 0 aliphatic heterocycles. The minimum Gasteiger partial charge on any atom is -0.290 e. The van der Waals surface area contributed by atoms with E-state index in [4.69, 9.17) is 0 Å². The predicted molar refractivity (Wildman–Crippen MR) is 36.6 cm³/mol. The molecule has 0 bridgehead atoms. The molecule has 0 saturated heterocycles. The Balaban J connectivity index is 3.30. The summed E-state index contributed by atoms with van der Waals surface area (Å²) in [5.41, 5.74) is -3.19. The second-order valence-corrected chi connectivity index (χ2v) is 2.74. The molecule has 0 heterocycles. The summed E-state index contributed by atoms with van der Waals surface area (Å²) in [4.78, 5) is 0. The summed E-state index contributed by atoms with van der Waals surface area (Å²) in [7, 11) is 0. The first kappa shape index (κ1) is 11.7. The lowest BCUT2D eigenvalue weighted by molar-refractivity contribution is -0.143. The van der Waals surface area contributed by atoms with Crippen molar-refractivity contribution in [2.75, 3.05) is 0 Å². The molecule has 0 aromatic heterocycles. The maximum atomic E-state index is 12.0. The highest BCUT2D eigenvalue weighted by atomic mass is 19.4. The van der Waals surface area contributed by atoms with Gasteiger partial charge in [0.05, 0.1) is 11.1 Å². The smallest absolute Gasteiger partial charge is 0.290 e. The van der Waals surface area contributed by atoms with Gasteiger partial charge in [0.2, 0.25) is 0 Å². The molecule has 0 spiro atoms. The van der Waals surface area contributed by atoms with Gasteiger partial charge in [0.15, 0.2) is 5.75 Å². The second-order valence-electron chi connectivity index (χ2n) is 2.74. The summed E-state index contributed by atoms with van der Waals surface area (Å²) in [6, 6.07) is 0.145. The Labute approximate surface area is 79.9 Å². The summed E-state index contributed by atoms with van der Waals surface area (Å²) in [5.74, 6) is -1.32. The van der Waals surface area contributed by atoms with Gasteiger partial charge in [-0.05, 0) is 18.2 Å². The summed E-state index contributed by atoms with van der Waals surface area (Å²) >= 11 is 0. The number of alkyl halides is 6. The normalized spacial score (nSPS) is 12.9. The molecule has 0 aliphatic carbocycles. The van der Waals surface area contributed by atoms with Crippen molar-refractivity contribution in [3.63, 3.8) is 0 Å². The SMILES string of the molecule is [O]c1cc(C(F)(F)F)cc(C(F)(F)F)c1. The highest BCUT2D eigenvalue weighted by Gasteiger charge is 2.37. The number of hydrogen-bond donors (Lipinski definition) is 0. The first-order valence-corrected chi connectivity index (χ1v) is 3.57. The molecule has 1 aromatic rings. The van der Waals surface area contributed by atoms with E-state index in [-0.39, 0.29) is 18.2 Å². The lowest BCUT2D eigenvalue weighted by Gasteiger charge is -2.11. The Kier molecular flexibility index (Phi) is 2.58. The maximum absolute atomic E-state index is 12.0. The van der Waals surface area contributed by atoms with Crippen molar-refractivity contribution in [3.05, 3.63) is 29.3 Å². The average Bonchev–Trinajstić information content (AvgIpc) is 1.99. The van der Waals surface area contributed by atoms with Gasteiger partial charge in [-0.1, -0.05) is 0 Å². The molecule has 0 saturated carbocycles. The van der Waals surface area contributed by atoms with E-state index in [0.717, 1.165) is 0 Å². The van der Waals surface area contributed by atoms with Crippen molar-refractivity contribution < 1.29 is 31.4 Å². The fourth-order valence-electron chi connectivity index (χ4n) is 0.926. The summed E-state index contributed by atoms with van der Waals surface area (Å²) in [5, 5.41) is 10.6. The van der Waals surface area contributed by atoms with Gasteiger partial charge in [-0.25, -0.2) is 0 Å². The maximum Gasteiger partial charge on any atom is 0.416 e. The van der Waals surface area contributed by atoms with Crippen molar-refractivity contribution >= 4 is 0 Å². The number of benzene rings is 1. The topological polar surface area (TPSA) is 19.9 Å². The molecule has 1 radical (unpaired) electrons. The number of halogens is 6. The Bertz CT molecular complexity index is 332. The average molecular weight is 229 g/mol. The molecule has 0 atom stereocenters. The van der Waals surface area contributed by atoms with Crippen LogP contribution in [0.4, 0.5) is 26.3 Å². The van der Waals surface area contributed by atoms with E-state index in [0.29, 0.717) is 0 Å². The van der Waals surface area contributed by atoms with Crippen LogP contribution in [-0.4, -0.2) is 0 Å². The summed E-state index contributed by atoms with van der Waals surface area (Å²) in [6.45, 7) is 0. The van der Waals surface area contributed by atoms with Gasteiger partial charge < -0.3 is 0 Å². The third-order valence-corrected chi connectivity index (χ3v) is 1.56. The summed E-state index contributed by atoms with van der Waals surface area (Å²) in [6.07, 6.45) is -9.92. The molecule has 0 amide bonds. The highest BCUT2D eigenvalue weighted by Crippen LogP contribution is 2.37. The fourth-order valence-corrected chi connectivity index (χ4v) is 0.926. The Morgan fingerprint density at radius 1 is 0.733 bits per heavy atom. The van der Waals surface area contributed by atoms with Crippen molar-refractivity contribution in [3.8, 4) is 5.75 Å². The van der Waals surface area contributed by atoms with E-state index in [1.807, 2.05) is 0 Å². The van der Waals surface area contributed by atoms with E-state index in [9.17, 15) is 31.4 Å². The molecule has 1 nitrogen and oxygen atoms in total. The standard InChI is InChI=1S/C8H3F6O/c9-7(10,11)4-1-5(8(12,13)14)3-6(15)2-4/h1-3H. The van der Waals surface area contributed by atoms with Gasteiger partial charge in [-0.15, -0.1) is 0 Å². The van der Waals surface area contributed by atoms with Crippen LogP contribution in [-0.2, 0) is 17.5 Å². The van der Waals surface area contributed by atoms with E-state index in [1.54, 1.807) is 0 Å². The zero-order chi connectivity index (χ0) is 11.9. The van der Waals surface area contributed by atoms with Gasteiger partial charge >= 0.3 is 12.4 Å². The second kappa shape index (κ2) is 3.32. The molecule has 0 unspecified atom stereocenters. The van der Waals surface area contributed by atoms with Crippen LogP contribution in [0.3, 0.4) is 0 Å². The lowest BCUT2D eigenvalue weighted by atomic mass is 10.1. The zero-order valence-electron chi connectivity index (χ0n) is 6.91. The minimum absolute atomic E-state index is 0.0958. The van der Waals surface area contributed by atoms with E-state index < -0.39 is 29.2 Å². The van der Waals surface area contributed by atoms with Gasteiger partial charge in [0.25, 0.3) is 0 Å². The Morgan fingerprint density at radius 2 is 1.07 bits per heavy atom. The predicted octanol–water partition coefficient (Wildman–Crippen LogP) is 3.87. The van der Waals surface area contributed by atoms with Crippen LogP contribution in [0.25, 0.3) is 0 Å².